The molecule has 1 aromatic heterocycles. The second-order valence-electron chi connectivity index (χ2n) is 4.94. The number of rotatable bonds is 2. The van der Waals surface area contributed by atoms with Crippen LogP contribution in [-0.4, -0.2) is 10.9 Å². The number of carbonyl (C=O) groups excluding carboxylic acids is 1. The van der Waals surface area contributed by atoms with Crippen molar-refractivity contribution >= 4 is 22.4 Å². The van der Waals surface area contributed by atoms with Crippen LogP contribution in [0.2, 0.25) is 0 Å². The van der Waals surface area contributed by atoms with Crippen molar-refractivity contribution in [3.63, 3.8) is 0 Å². The second kappa shape index (κ2) is 6.91. The van der Waals surface area contributed by atoms with Crippen LogP contribution in [0.4, 0.5) is 5.13 Å². The van der Waals surface area contributed by atoms with Crippen LogP contribution in [0.5, 0.6) is 0 Å². The molecule has 23 heavy (non-hydrogen) atoms. The molecular formula is C19H14N2OS. The van der Waals surface area contributed by atoms with Gasteiger partial charge in [0.25, 0.3) is 5.91 Å². The van der Waals surface area contributed by atoms with Gasteiger partial charge in [0.15, 0.2) is 5.13 Å². The highest BCUT2D eigenvalue weighted by Crippen LogP contribution is 2.15. The van der Waals surface area contributed by atoms with E-state index in [4.69, 9.17) is 0 Å². The molecule has 1 amide bonds. The summed E-state index contributed by atoms with van der Waals surface area (Å²) in [6.45, 7) is 1.90. The molecule has 4 heteroatoms. The molecule has 2 aromatic carbocycles. The summed E-state index contributed by atoms with van der Waals surface area (Å²) in [7, 11) is 0. The van der Waals surface area contributed by atoms with E-state index in [1.807, 2.05) is 54.8 Å². The summed E-state index contributed by atoms with van der Waals surface area (Å²) in [6, 6.07) is 17.0. The van der Waals surface area contributed by atoms with E-state index in [-0.39, 0.29) is 5.91 Å². The lowest BCUT2D eigenvalue weighted by atomic mass is 10.1. The van der Waals surface area contributed by atoms with Crippen LogP contribution in [0.3, 0.4) is 0 Å². The van der Waals surface area contributed by atoms with Gasteiger partial charge in [-0.15, -0.1) is 11.3 Å². The number of benzene rings is 2. The van der Waals surface area contributed by atoms with Crippen LogP contribution in [0.15, 0.2) is 60.0 Å². The molecule has 1 heterocycles. The number of carbonyl (C=O) groups is 1. The maximum absolute atomic E-state index is 12.1. The lowest BCUT2D eigenvalue weighted by molar-refractivity contribution is 0.102. The first-order valence-electron chi connectivity index (χ1n) is 7.11. The van der Waals surface area contributed by atoms with Crippen LogP contribution < -0.4 is 5.32 Å². The van der Waals surface area contributed by atoms with Gasteiger partial charge in [0.2, 0.25) is 0 Å². The van der Waals surface area contributed by atoms with E-state index < -0.39 is 0 Å². The Morgan fingerprint density at radius 2 is 1.65 bits per heavy atom. The smallest absolute Gasteiger partial charge is 0.257 e. The molecule has 0 radical (unpaired) electrons. The highest BCUT2D eigenvalue weighted by Gasteiger charge is 2.07. The molecule has 0 unspecified atom stereocenters. The Kier molecular flexibility index (Phi) is 4.51. The Labute approximate surface area is 139 Å². The number of aryl methyl sites for hydroxylation is 1. The highest BCUT2D eigenvalue weighted by atomic mass is 32.1. The molecule has 0 atom stereocenters. The normalized spacial score (nSPS) is 9.78. The fraction of sp³-hybridized carbons (Fsp3) is 0.0526. The number of thiazole rings is 1. The van der Waals surface area contributed by atoms with E-state index in [1.165, 1.54) is 11.3 Å². The summed E-state index contributed by atoms with van der Waals surface area (Å²) < 4.78 is 0. The quantitative estimate of drug-likeness (QED) is 0.723. The SMILES string of the molecule is Cc1csc(NC(=O)c2ccc(C#Cc3ccccc3)cc2)n1. The third-order valence-corrected chi connectivity index (χ3v) is 3.99. The minimum Gasteiger partial charge on any atom is -0.298 e. The molecular weight excluding hydrogens is 304 g/mol. The third-order valence-electron chi connectivity index (χ3n) is 3.11. The number of nitrogens with one attached hydrogen (secondary N) is 1. The summed E-state index contributed by atoms with van der Waals surface area (Å²) in [5.41, 5.74) is 3.32. The molecule has 1 N–H and O–H groups in total. The predicted octanol–water partition coefficient (Wildman–Crippen LogP) is 4.10. The van der Waals surface area contributed by atoms with Gasteiger partial charge in [-0.1, -0.05) is 30.0 Å². The van der Waals surface area contributed by atoms with Gasteiger partial charge in [-0.05, 0) is 43.3 Å². The molecule has 0 saturated heterocycles. The number of hydrogen-bond acceptors (Lipinski definition) is 3. The standard InChI is InChI=1S/C19H14N2OS/c1-14-13-23-19(20-14)21-18(22)17-11-9-16(10-12-17)8-7-15-5-3-2-4-6-15/h2-6,9-13H,1H3,(H,20,21,22). The largest absolute Gasteiger partial charge is 0.298 e. The fourth-order valence-corrected chi connectivity index (χ4v) is 2.63. The average Bonchev–Trinajstić information content (AvgIpc) is 2.99. The monoisotopic (exact) mass is 318 g/mol. The lowest BCUT2D eigenvalue weighted by Gasteiger charge is -2.01. The Hall–Kier alpha value is -2.90. The van der Waals surface area contributed by atoms with E-state index in [2.05, 4.69) is 22.1 Å². The van der Waals surface area contributed by atoms with Gasteiger partial charge in [0, 0.05) is 22.1 Å². The maximum atomic E-state index is 12.1. The van der Waals surface area contributed by atoms with Crippen molar-refractivity contribution in [2.45, 2.75) is 6.92 Å². The molecule has 112 valence electrons. The van der Waals surface area contributed by atoms with Gasteiger partial charge in [0.05, 0.1) is 5.69 Å². The number of amides is 1. The average molecular weight is 318 g/mol. The number of anilines is 1. The molecule has 0 saturated carbocycles. The fourth-order valence-electron chi connectivity index (χ4n) is 1.95. The highest BCUT2D eigenvalue weighted by molar-refractivity contribution is 7.13. The van der Waals surface area contributed by atoms with E-state index in [1.54, 1.807) is 12.1 Å². The molecule has 3 aromatic rings. The van der Waals surface area contributed by atoms with Gasteiger partial charge in [0.1, 0.15) is 0 Å². The summed E-state index contributed by atoms with van der Waals surface area (Å²) >= 11 is 1.42. The lowest BCUT2D eigenvalue weighted by Crippen LogP contribution is -2.11. The number of hydrogen-bond donors (Lipinski definition) is 1. The minimum absolute atomic E-state index is 0.165. The Morgan fingerprint density at radius 3 is 2.26 bits per heavy atom. The van der Waals surface area contributed by atoms with Crippen molar-refractivity contribution < 1.29 is 4.79 Å². The van der Waals surface area contributed by atoms with Gasteiger partial charge in [-0.3, -0.25) is 10.1 Å². The summed E-state index contributed by atoms with van der Waals surface area (Å²) in [4.78, 5) is 16.4. The van der Waals surface area contributed by atoms with Crippen molar-refractivity contribution in [3.05, 3.63) is 82.4 Å². The maximum Gasteiger partial charge on any atom is 0.257 e. The zero-order chi connectivity index (χ0) is 16.1. The van der Waals surface area contributed by atoms with E-state index in [0.29, 0.717) is 10.7 Å². The Balaban J connectivity index is 1.69. The van der Waals surface area contributed by atoms with Gasteiger partial charge in [-0.25, -0.2) is 4.98 Å². The summed E-state index contributed by atoms with van der Waals surface area (Å²) in [5, 5.41) is 5.30. The van der Waals surface area contributed by atoms with Crippen LogP contribution >= 0.6 is 11.3 Å². The van der Waals surface area contributed by atoms with Crippen LogP contribution in [0.1, 0.15) is 27.2 Å². The Morgan fingerprint density at radius 1 is 1.00 bits per heavy atom. The number of nitrogens with zero attached hydrogens (tertiary/aromatic N) is 1. The van der Waals surface area contributed by atoms with Crippen molar-refractivity contribution in [3.8, 4) is 11.8 Å². The second-order valence-corrected chi connectivity index (χ2v) is 5.80. The topological polar surface area (TPSA) is 42.0 Å². The van der Waals surface area contributed by atoms with Crippen LogP contribution in [-0.2, 0) is 0 Å². The molecule has 3 rings (SSSR count). The molecule has 0 aliphatic heterocycles. The van der Waals surface area contributed by atoms with Gasteiger partial charge < -0.3 is 0 Å². The predicted molar refractivity (Wildman–Crippen MR) is 93.7 cm³/mol. The number of aromatic nitrogens is 1. The molecule has 0 spiro atoms. The first-order valence-corrected chi connectivity index (χ1v) is 7.99. The summed E-state index contributed by atoms with van der Waals surface area (Å²) in [5.74, 6) is 6.02. The molecule has 0 fully saturated rings. The van der Waals surface area contributed by atoms with Crippen LogP contribution in [0, 0.1) is 18.8 Å². The minimum atomic E-state index is -0.165. The van der Waals surface area contributed by atoms with E-state index in [9.17, 15) is 4.79 Å². The van der Waals surface area contributed by atoms with Gasteiger partial charge >= 0.3 is 0 Å². The molecule has 0 aliphatic carbocycles. The van der Waals surface area contributed by atoms with Crippen molar-refractivity contribution in [2.24, 2.45) is 0 Å². The summed E-state index contributed by atoms with van der Waals surface area (Å²) in [6.07, 6.45) is 0. The van der Waals surface area contributed by atoms with E-state index >= 15 is 0 Å². The van der Waals surface area contributed by atoms with Crippen molar-refractivity contribution in [1.82, 2.24) is 4.98 Å². The molecule has 0 bridgehead atoms. The van der Waals surface area contributed by atoms with E-state index in [0.717, 1.165) is 16.8 Å². The zero-order valence-electron chi connectivity index (χ0n) is 12.5. The zero-order valence-corrected chi connectivity index (χ0v) is 13.4. The van der Waals surface area contributed by atoms with Crippen molar-refractivity contribution in [2.75, 3.05) is 5.32 Å². The molecule has 3 nitrogen and oxygen atoms in total. The van der Waals surface area contributed by atoms with Gasteiger partial charge in [-0.2, -0.15) is 0 Å². The first kappa shape index (κ1) is 15.0. The molecule has 0 aliphatic rings. The Bertz CT molecular complexity index is 871. The first-order chi connectivity index (χ1) is 11.2. The third kappa shape index (κ3) is 4.06. The van der Waals surface area contributed by atoms with Crippen LogP contribution in [0.25, 0.3) is 0 Å². The van der Waals surface area contributed by atoms with Crippen molar-refractivity contribution in [1.29, 1.82) is 0 Å².